The molecule has 0 radical (unpaired) electrons. The molecule has 1 saturated heterocycles. The number of carbonyl (C=O) groups excluding carboxylic acids is 1. The van der Waals surface area contributed by atoms with Gasteiger partial charge in [0.2, 0.25) is 0 Å². The highest BCUT2D eigenvalue weighted by Gasteiger charge is 2.19. The molecule has 22 heavy (non-hydrogen) atoms. The summed E-state index contributed by atoms with van der Waals surface area (Å²) in [5.41, 5.74) is 0.783. The maximum Gasteiger partial charge on any atom is 0.321 e. The number of amides is 2. The molecule has 1 atom stereocenters. The summed E-state index contributed by atoms with van der Waals surface area (Å²) in [5.74, 6) is 0.836. The summed E-state index contributed by atoms with van der Waals surface area (Å²) in [6.07, 6.45) is 3.13. The molecular formula is C17H26N2O3. The van der Waals surface area contributed by atoms with Gasteiger partial charge in [-0.1, -0.05) is 13.3 Å². The number of nitrogens with zero attached hydrogens (tertiary/aromatic N) is 1. The van der Waals surface area contributed by atoms with Crippen LogP contribution < -0.4 is 10.1 Å². The van der Waals surface area contributed by atoms with E-state index in [4.69, 9.17) is 9.47 Å². The lowest BCUT2D eigenvalue weighted by Crippen LogP contribution is -2.38. The van der Waals surface area contributed by atoms with E-state index in [1.807, 2.05) is 36.1 Å². The Morgan fingerprint density at radius 2 is 2.18 bits per heavy atom. The molecule has 5 heteroatoms. The predicted molar refractivity (Wildman–Crippen MR) is 87.5 cm³/mol. The van der Waals surface area contributed by atoms with E-state index in [9.17, 15) is 4.79 Å². The normalized spacial score (nSPS) is 18.6. The molecule has 1 aromatic carbocycles. The Hall–Kier alpha value is -1.75. The van der Waals surface area contributed by atoms with Crippen molar-refractivity contribution in [3.63, 3.8) is 0 Å². The third kappa shape index (κ3) is 5.22. The molecule has 5 nitrogen and oxygen atoms in total. The van der Waals surface area contributed by atoms with E-state index in [0.29, 0.717) is 6.54 Å². The van der Waals surface area contributed by atoms with Gasteiger partial charge in [0.15, 0.2) is 0 Å². The van der Waals surface area contributed by atoms with Crippen LogP contribution in [0.15, 0.2) is 24.3 Å². The first kappa shape index (κ1) is 16.6. The van der Waals surface area contributed by atoms with Gasteiger partial charge in [-0.05, 0) is 44.0 Å². The lowest BCUT2D eigenvalue weighted by molar-refractivity contribution is 0.0718. The molecule has 1 aromatic rings. The molecule has 1 aliphatic heterocycles. The molecule has 1 fully saturated rings. The first-order valence-corrected chi connectivity index (χ1v) is 8.09. The van der Waals surface area contributed by atoms with Crippen molar-refractivity contribution in [3.05, 3.63) is 24.3 Å². The van der Waals surface area contributed by atoms with Crippen molar-refractivity contribution < 1.29 is 14.3 Å². The Balaban J connectivity index is 1.85. The molecule has 0 unspecified atom stereocenters. The average molecular weight is 306 g/mol. The largest absolute Gasteiger partial charge is 0.494 e. The number of hydrogen-bond acceptors (Lipinski definition) is 3. The number of urea groups is 1. The highest BCUT2D eigenvalue weighted by molar-refractivity contribution is 5.89. The molecule has 1 aliphatic rings. The van der Waals surface area contributed by atoms with Crippen molar-refractivity contribution in [3.8, 4) is 5.75 Å². The maximum absolute atomic E-state index is 12.3. The van der Waals surface area contributed by atoms with Crippen LogP contribution in [0.5, 0.6) is 5.75 Å². The van der Waals surface area contributed by atoms with Gasteiger partial charge in [-0.15, -0.1) is 0 Å². The van der Waals surface area contributed by atoms with Crippen LogP contribution >= 0.6 is 0 Å². The van der Waals surface area contributed by atoms with Crippen LogP contribution in [0.3, 0.4) is 0 Å². The van der Waals surface area contributed by atoms with Gasteiger partial charge in [0.1, 0.15) is 5.75 Å². The van der Waals surface area contributed by atoms with Crippen molar-refractivity contribution in [2.45, 2.75) is 39.2 Å². The second-order valence-corrected chi connectivity index (χ2v) is 5.64. The minimum absolute atomic E-state index is 0.0722. The number of carbonyl (C=O) groups is 1. The summed E-state index contributed by atoms with van der Waals surface area (Å²) in [7, 11) is 0. The molecule has 0 bridgehead atoms. The van der Waals surface area contributed by atoms with E-state index in [1.54, 1.807) is 0 Å². The first-order chi connectivity index (χ1) is 10.7. The number of hydrogen-bond donors (Lipinski definition) is 1. The Labute approximate surface area is 132 Å². The highest BCUT2D eigenvalue weighted by atomic mass is 16.5. The summed E-state index contributed by atoms with van der Waals surface area (Å²) in [4.78, 5) is 14.1. The smallest absolute Gasteiger partial charge is 0.321 e. The van der Waals surface area contributed by atoms with E-state index in [0.717, 1.165) is 50.5 Å². The number of rotatable bonds is 5. The van der Waals surface area contributed by atoms with Gasteiger partial charge in [-0.3, -0.25) is 0 Å². The number of anilines is 1. The Morgan fingerprint density at radius 3 is 2.91 bits per heavy atom. The van der Waals surface area contributed by atoms with Crippen molar-refractivity contribution in [1.82, 2.24) is 4.90 Å². The van der Waals surface area contributed by atoms with Gasteiger partial charge in [-0.2, -0.15) is 0 Å². The lowest BCUT2D eigenvalue weighted by atomic mass is 10.3. The number of nitrogens with one attached hydrogen (secondary N) is 1. The minimum atomic E-state index is -0.0722. The van der Waals surface area contributed by atoms with Crippen LogP contribution in [-0.2, 0) is 4.74 Å². The topological polar surface area (TPSA) is 50.8 Å². The summed E-state index contributed by atoms with van der Waals surface area (Å²) in [6.45, 7) is 6.94. The molecule has 122 valence electrons. The number of benzene rings is 1. The Bertz CT molecular complexity index is 461. The quantitative estimate of drug-likeness (QED) is 0.847. The van der Waals surface area contributed by atoms with Crippen LogP contribution in [0.4, 0.5) is 10.5 Å². The zero-order chi connectivity index (χ0) is 15.8. The fourth-order valence-corrected chi connectivity index (χ4v) is 2.35. The van der Waals surface area contributed by atoms with Crippen molar-refractivity contribution in [1.29, 1.82) is 0 Å². The summed E-state index contributed by atoms with van der Waals surface area (Å²) in [5, 5.41) is 2.93. The lowest BCUT2D eigenvalue weighted by Gasteiger charge is -2.22. The van der Waals surface area contributed by atoms with E-state index < -0.39 is 0 Å². The highest BCUT2D eigenvalue weighted by Crippen LogP contribution is 2.17. The fraction of sp³-hybridized carbons (Fsp3) is 0.588. The number of unbranched alkanes of at least 4 members (excludes halogenated alkanes) is 1. The molecule has 0 aromatic heterocycles. The van der Waals surface area contributed by atoms with Gasteiger partial charge in [0.05, 0.1) is 12.7 Å². The third-order valence-electron chi connectivity index (χ3n) is 3.61. The maximum atomic E-state index is 12.3. The van der Waals surface area contributed by atoms with Crippen LogP contribution in [0.25, 0.3) is 0 Å². The molecule has 0 spiro atoms. The van der Waals surface area contributed by atoms with Gasteiger partial charge >= 0.3 is 6.03 Å². The molecule has 1 heterocycles. The third-order valence-corrected chi connectivity index (χ3v) is 3.61. The van der Waals surface area contributed by atoms with Gasteiger partial charge < -0.3 is 19.7 Å². The summed E-state index contributed by atoms with van der Waals surface area (Å²) in [6, 6.07) is 7.45. The zero-order valence-corrected chi connectivity index (χ0v) is 13.5. The van der Waals surface area contributed by atoms with E-state index in [1.165, 1.54) is 0 Å². The first-order valence-electron chi connectivity index (χ1n) is 8.09. The Kier molecular flexibility index (Phi) is 6.52. The molecule has 0 aliphatic carbocycles. The van der Waals surface area contributed by atoms with Gasteiger partial charge in [0, 0.05) is 25.4 Å². The predicted octanol–water partition coefficient (Wildman–Crippen LogP) is 3.51. The van der Waals surface area contributed by atoms with Gasteiger partial charge in [0.25, 0.3) is 0 Å². The van der Waals surface area contributed by atoms with E-state index >= 15 is 0 Å². The van der Waals surface area contributed by atoms with Crippen molar-refractivity contribution in [2.75, 3.05) is 31.6 Å². The van der Waals surface area contributed by atoms with Crippen LogP contribution in [0, 0.1) is 0 Å². The molecule has 0 saturated carbocycles. The van der Waals surface area contributed by atoms with Crippen molar-refractivity contribution >= 4 is 11.7 Å². The summed E-state index contributed by atoms with van der Waals surface area (Å²) >= 11 is 0. The van der Waals surface area contributed by atoms with Crippen LogP contribution in [0.1, 0.15) is 33.1 Å². The second kappa shape index (κ2) is 8.63. The zero-order valence-electron chi connectivity index (χ0n) is 13.5. The summed E-state index contributed by atoms with van der Waals surface area (Å²) < 4.78 is 11.2. The van der Waals surface area contributed by atoms with Gasteiger partial charge in [-0.25, -0.2) is 4.79 Å². The standard InChI is InChI=1S/C17H26N2O3/c1-3-4-11-22-16-8-6-15(7-9-16)18-17(20)19-10-5-12-21-14(2)13-19/h6-9,14H,3-5,10-13H2,1-2H3,(H,18,20)/t14-/m1/s1. The van der Waals surface area contributed by atoms with Crippen LogP contribution in [0.2, 0.25) is 0 Å². The van der Waals surface area contributed by atoms with Crippen molar-refractivity contribution in [2.24, 2.45) is 0 Å². The van der Waals surface area contributed by atoms with E-state index in [-0.39, 0.29) is 12.1 Å². The molecular weight excluding hydrogens is 280 g/mol. The fourth-order valence-electron chi connectivity index (χ4n) is 2.35. The monoisotopic (exact) mass is 306 g/mol. The molecule has 2 amide bonds. The molecule has 2 rings (SSSR count). The van der Waals surface area contributed by atoms with E-state index in [2.05, 4.69) is 12.2 Å². The second-order valence-electron chi connectivity index (χ2n) is 5.64. The number of ether oxygens (including phenoxy) is 2. The van der Waals surface area contributed by atoms with Crippen LogP contribution in [-0.4, -0.2) is 43.3 Å². The Morgan fingerprint density at radius 1 is 1.41 bits per heavy atom. The molecule has 1 N–H and O–H groups in total. The SMILES string of the molecule is CCCCOc1ccc(NC(=O)N2CCCO[C@H](C)C2)cc1. The average Bonchev–Trinajstić information content (AvgIpc) is 2.74. The minimum Gasteiger partial charge on any atom is -0.494 e.